The maximum atomic E-state index is 12.2. The number of nitrogens with two attached hydrogens (primary N) is 1. The number of nitrogen functional groups attached to an aromatic ring is 1. The third kappa shape index (κ3) is 4.19. The SMILES string of the molecule is Nc1ccc(CS(=O)(=O)NC2CCCCC2CO)cc1. The van der Waals surface area contributed by atoms with Crippen molar-refractivity contribution in [1.29, 1.82) is 0 Å². The first-order valence-corrected chi connectivity index (χ1v) is 8.60. The lowest BCUT2D eigenvalue weighted by molar-refractivity contribution is 0.164. The van der Waals surface area contributed by atoms with Gasteiger partial charge in [0, 0.05) is 18.3 Å². The minimum absolute atomic E-state index is 0.0324. The van der Waals surface area contributed by atoms with E-state index < -0.39 is 10.0 Å². The molecule has 2 atom stereocenters. The summed E-state index contributed by atoms with van der Waals surface area (Å²) in [5.41, 5.74) is 6.91. The Bertz CT molecular complexity index is 528. The summed E-state index contributed by atoms with van der Waals surface area (Å²) in [7, 11) is -3.39. The maximum Gasteiger partial charge on any atom is 0.216 e. The topological polar surface area (TPSA) is 92.4 Å². The number of rotatable bonds is 5. The summed E-state index contributed by atoms with van der Waals surface area (Å²) in [6, 6.07) is 6.69. The highest BCUT2D eigenvalue weighted by Gasteiger charge is 2.28. The number of hydrogen-bond acceptors (Lipinski definition) is 4. The number of aliphatic hydroxyl groups excluding tert-OH is 1. The molecular weight excluding hydrogens is 276 g/mol. The van der Waals surface area contributed by atoms with Crippen molar-refractivity contribution in [3.63, 3.8) is 0 Å². The Kier molecular flexibility index (Phi) is 5.01. The second kappa shape index (κ2) is 6.56. The van der Waals surface area contributed by atoms with Gasteiger partial charge in [-0.1, -0.05) is 25.0 Å². The van der Waals surface area contributed by atoms with Gasteiger partial charge in [-0.3, -0.25) is 0 Å². The number of anilines is 1. The molecular formula is C14H22N2O3S. The van der Waals surface area contributed by atoms with E-state index in [9.17, 15) is 13.5 Å². The van der Waals surface area contributed by atoms with Crippen molar-refractivity contribution in [3.05, 3.63) is 29.8 Å². The van der Waals surface area contributed by atoms with Gasteiger partial charge in [0.05, 0.1) is 5.75 Å². The molecule has 2 unspecified atom stereocenters. The summed E-state index contributed by atoms with van der Waals surface area (Å²) in [6.07, 6.45) is 3.74. The fourth-order valence-corrected chi connectivity index (χ4v) is 4.17. The molecule has 112 valence electrons. The van der Waals surface area contributed by atoms with Crippen LogP contribution in [0.5, 0.6) is 0 Å². The lowest BCUT2D eigenvalue weighted by atomic mass is 9.86. The number of aliphatic hydroxyl groups is 1. The van der Waals surface area contributed by atoms with Gasteiger partial charge in [0.1, 0.15) is 0 Å². The molecule has 1 saturated carbocycles. The van der Waals surface area contributed by atoms with Crippen molar-refractivity contribution >= 4 is 15.7 Å². The summed E-state index contributed by atoms with van der Waals surface area (Å²) in [4.78, 5) is 0. The third-order valence-corrected chi connectivity index (χ3v) is 5.19. The van der Waals surface area contributed by atoms with E-state index in [1.807, 2.05) is 0 Å². The van der Waals surface area contributed by atoms with Crippen LogP contribution in [0.3, 0.4) is 0 Å². The van der Waals surface area contributed by atoms with Gasteiger partial charge in [-0.05, 0) is 36.5 Å². The van der Waals surface area contributed by atoms with E-state index in [1.165, 1.54) is 0 Å². The van der Waals surface area contributed by atoms with Gasteiger partial charge in [0.2, 0.25) is 10.0 Å². The number of nitrogens with one attached hydrogen (secondary N) is 1. The molecule has 1 aromatic rings. The molecule has 1 aliphatic carbocycles. The summed E-state index contributed by atoms with van der Waals surface area (Å²) in [6.45, 7) is 0.0368. The first kappa shape index (κ1) is 15.3. The lowest BCUT2D eigenvalue weighted by Crippen LogP contribution is -2.43. The van der Waals surface area contributed by atoms with Crippen molar-refractivity contribution in [3.8, 4) is 0 Å². The van der Waals surface area contributed by atoms with Gasteiger partial charge in [-0.2, -0.15) is 0 Å². The molecule has 0 aromatic heterocycles. The monoisotopic (exact) mass is 298 g/mol. The summed E-state index contributed by atoms with van der Waals surface area (Å²) >= 11 is 0. The van der Waals surface area contributed by atoms with E-state index in [2.05, 4.69) is 4.72 Å². The van der Waals surface area contributed by atoms with Crippen molar-refractivity contribution in [2.45, 2.75) is 37.5 Å². The van der Waals surface area contributed by atoms with Gasteiger partial charge >= 0.3 is 0 Å². The zero-order valence-electron chi connectivity index (χ0n) is 11.5. The van der Waals surface area contributed by atoms with Crippen molar-refractivity contribution < 1.29 is 13.5 Å². The second-order valence-electron chi connectivity index (χ2n) is 5.45. The molecule has 20 heavy (non-hydrogen) atoms. The van der Waals surface area contributed by atoms with Crippen molar-refractivity contribution in [2.24, 2.45) is 5.92 Å². The molecule has 1 aliphatic rings. The van der Waals surface area contributed by atoms with Gasteiger partial charge in [0.15, 0.2) is 0 Å². The molecule has 6 heteroatoms. The average molecular weight is 298 g/mol. The Morgan fingerprint density at radius 2 is 1.85 bits per heavy atom. The molecule has 5 nitrogen and oxygen atoms in total. The van der Waals surface area contributed by atoms with Crippen LogP contribution in [0.25, 0.3) is 0 Å². The normalized spacial score (nSPS) is 23.6. The van der Waals surface area contributed by atoms with E-state index in [-0.39, 0.29) is 24.3 Å². The Morgan fingerprint density at radius 1 is 1.20 bits per heavy atom. The van der Waals surface area contributed by atoms with Gasteiger partial charge in [0.25, 0.3) is 0 Å². The minimum Gasteiger partial charge on any atom is -0.399 e. The van der Waals surface area contributed by atoms with Crippen LogP contribution in [0.4, 0.5) is 5.69 Å². The summed E-state index contributed by atoms with van der Waals surface area (Å²) < 4.78 is 27.1. The molecule has 0 heterocycles. The average Bonchev–Trinajstić information content (AvgIpc) is 2.41. The highest BCUT2D eigenvalue weighted by Crippen LogP contribution is 2.25. The molecule has 0 aliphatic heterocycles. The molecule has 2 rings (SSSR count). The van der Waals surface area contributed by atoms with Crippen LogP contribution in [0.15, 0.2) is 24.3 Å². The summed E-state index contributed by atoms with van der Waals surface area (Å²) in [5, 5.41) is 9.33. The van der Waals surface area contributed by atoms with E-state index in [0.29, 0.717) is 11.3 Å². The Balaban J connectivity index is 2.01. The molecule has 0 amide bonds. The molecule has 0 bridgehead atoms. The number of sulfonamides is 1. The van der Waals surface area contributed by atoms with E-state index in [4.69, 9.17) is 5.73 Å². The first-order valence-electron chi connectivity index (χ1n) is 6.95. The number of benzene rings is 1. The van der Waals surface area contributed by atoms with E-state index >= 15 is 0 Å². The fourth-order valence-electron chi connectivity index (χ4n) is 2.69. The van der Waals surface area contributed by atoms with Crippen LogP contribution in [0.2, 0.25) is 0 Å². The van der Waals surface area contributed by atoms with Gasteiger partial charge < -0.3 is 10.8 Å². The van der Waals surface area contributed by atoms with Crippen molar-refractivity contribution in [1.82, 2.24) is 4.72 Å². The smallest absolute Gasteiger partial charge is 0.216 e. The molecule has 1 aromatic carbocycles. The zero-order chi connectivity index (χ0) is 14.6. The van der Waals surface area contributed by atoms with Crippen molar-refractivity contribution in [2.75, 3.05) is 12.3 Å². The van der Waals surface area contributed by atoms with E-state index in [0.717, 1.165) is 25.7 Å². The maximum absolute atomic E-state index is 12.2. The largest absolute Gasteiger partial charge is 0.399 e. The Labute approximate surface area is 120 Å². The lowest BCUT2D eigenvalue weighted by Gasteiger charge is -2.30. The highest BCUT2D eigenvalue weighted by atomic mass is 32.2. The molecule has 0 spiro atoms. The van der Waals surface area contributed by atoms with Crippen LogP contribution in [-0.4, -0.2) is 26.2 Å². The Hall–Kier alpha value is -1.11. The van der Waals surface area contributed by atoms with Crippen LogP contribution in [-0.2, 0) is 15.8 Å². The standard InChI is InChI=1S/C14H22N2O3S/c15-13-7-5-11(6-8-13)10-20(18,19)16-14-4-2-1-3-12(14)9-17/h5-8,12,14,16-17H,1-4,9-10,15H2. The Morgan fingerprint density at radius 3 is 2.50 bits per heavy atom. The first-order chi connectivity index (χ1) is 9.50. The highest BCUT2D eigenvalue weighted by molar-refractivity contribution is 7.88. The number of hydrogen-bond donors (Lipinski definition) is 3. The van der Waals surface area contributed by atoms with Gasteiger partial charge in [-0.15, -0.1) is 0 Å². The molecule has 0 saturated heterocycles. The predicted octanol–water partition coefficient (Wildman–Crippen LogP) is 1.24. The molecule has 1 fully saturated rings. The van der Waals surface area contributed by atoms with Crippen LogP contribution < -0.4 is 10.5 Å². The fraction of sp³-hybridized carbons (Fsp3) is 0.571. The molecule has 0 radical (unpaired) electrons. The predicted molar refractivity (Wildman–Crippen MR) is 79.4 cm³/mol. The summed E-state index contributed by atoms with van der Waals surface area (Å²) in [5.74, 6) is -0.0213. The van der Waals surface area contributed by atoms with E-state index in [1.54, 1.807) is 24.3 Å². The molecule has 4 N–H and O–H groups in total. The van der Waals surface area contributed by atoms with Crippen LogP contribution in [0.1, 0.15) is 31.2 Å². The second-order valence-corrected chi connectivity index (χ2v) is 7.21. The quantitative estimate of drug-likeness (QED) is 0.713. The van der Waals surface area contributed by atoms with Crippen LogP contribution >= 0.6 is 0 Å². The third-order valence-electron chi connectivity index (χ3n) is 3.81. The zero-order valence-corrected chi connectivity index (χ0v) is 12.3. The van der Waals surface area contributed by atoms with Gasteiger partial charge in [-0.25, -0.2) is 13.1 Å². The minimum atomic E-state index is -3.39. The van der Waals surface area contributed by atoms with Crippen LogP contribution in [0, 0.1) is 5.92 Å².